The third kappa shape index (κ3) is 5.12. The molecular formula is C12H13F5N2O. The number of amides is 1. The van der Waals surface area contributed by atoms with Crippen molar-refractivity contribution < 1.29 is 26.7 Å². The monoisotopic (exact) mass is 296 g/mol. The highest BCUT2D eigenvalue weighted by molar-refractivity contribution is 5.78. The van der Waals surface area contributed by atoms with Gasteiger partial charge in [0.1, 0.15) is 18.2 Å². The molecule has 1 amide bonds. The number of nitrogens with zero attached hydrogens (tertiary/aromatic N) is 1. The van der Waals surface area contributed by atoms with E-state index in [0.717, 1.165) is 12.1 Å². The van der Waals surface area contributed by atoms with Gasteiger partial charge in [-0.15, -0.1) is 0 Å². The number of nitrogens with two attached hydrogens (primary N) is 1. The van der Waals surface area contributed by atoms with Crippen LogP contribution in [0.2, 0.25) is 0 Å². The molecule has 2 N–H and O–H groups in total. The van der Waals surface area contributed by atoms with Crippen LogP contribution in [0.5, 0.6) is 0 Å². The van der Waals surface area contributed by atoms with Gasteiger partial charge in [-0.05, 0) is 11.6 Å². The van der Waals surface area contributed by atoms with Gasteiger partial charge in [0.15, 0.2) is 0 Å². The molecule has 0 aliphatic heterocycles. The summed E-state index contributed by atoms with van der Waals surface area (Å²) in [6, 6.07) is 2.53. The second-order valence-corrected chi connectivity index (χ2v) is 4.13. The number of halogens is 5. The highest BCUT2D eigenvalue weighted by atomic mass is 19.4. The van der Waals surface area contributed by atoms with E-state index in [0.29, 0.717) is 11.0 Å². The summed E-state index contributed by atoms with van der Waals surface area (Å²) in [7, 11) is 0. The van der Waals surface area contributed by atoms with E-state index in [1.807, 2.05) is 0 Å². The van der Waals surface area contributed by atoms with Gasteiger partial charge in [-0.2, -0.15) is 13.2 Å². The van der Waals surface area contributed by atoms with Crippen molar-refractivity contribution in [2.24, 2.45) is 5.73 Å². The van der Waals surface area contributed by atoms with E-state index in [2.05, 4.69) is 0 Å². The SMILES string of the molecule is NCCN(CC(F)(F)F)C(=O)Cc1ccc(F)cc1F. The Morgan fingerprint density at radius 3 is 2.40 bits per heavy atom. The fraction of sp³-hybridized carbons (Fsp3) is 0.417. The first kappa shape index (κ1) is 16.4. The zero-order chi connectivity index (χ0) is 15.3. The van der Waals surface area contributed by atoms with Crippen LogP contribution in [-0.4, -0.2) is 36.6 Å². The van der Waals surface area contributed by atoms with Gasteiger partial charge in [-0.25, -0.2) is 8.78 Å². The lowest BCUT2D eigenvalue weighted by atomic mass is 10.1. The van der Waals surface area contributed by atoms with Gasteiger partial charge in [-0.3, -0.25) is 4.79 Å². The van der Waals surface area contributed by atoms with Crippen LogP contribution in [0.25, 0.3) is 0 Å². The number of alkyl halides is 3. The van der Waals surface area contributed by atoms with E-state index >= 15 is 0 Å². The normalized spacial score (nSPS) is 11.5. The van der Waals surface area contributed by atoms with Gasteiger partial charge in [0.05, 0.1) is 6.42 Å². The van der Waals surface area contributed by atoms with Crippen LogP contribution in [0.1, 0.15) is 5.56 Å². The molecule has 0 aliphatic carbocycles. The number of carbonyl (C=O) groups excluding carboxylic acids is 1. The quantitative estimate of drug-likeness (QED) is 0.843. The Hall–Kier alpha value is -1.70. The van der Waals surface area contributed by atoms with Gasteiger partial charge in [0, 0.05) is 19.2 Å². The van der Waals surface area contributed by atoms with Gasteiger partial charge < -0.3 is 10.6 Å². The molecule has 0 atom stereocenters. The Labute approximate surface area is 112 Å². The minimum atomic E-state index is -4.56. The maximum Gasteiger partial charge on any atom is 0.406 e. The molecule has 1 aromatic rings. The molecule has 0 heterocycles. The summed E-state index contributed by atoms with van der Waals surface area (Å²) in [6.45, 7) is -1.89. The molecule has 0 spiro atoms. The molecule has 20 heavy (non-hydrogen) atoms. The van der Waals surface area contributed by atoms with Crippen LogP contribution in [0.3, 0.4) is 0 Å². The Morgan fingerprint density at radius 2 is 1.90 bits per heavy atom. The van der Waals surface area contributed by atoms with Crippen LogP contribution in [0, 0.1) is 11.6 Å². The van der Waals surface area contributed by atoms with E-state index < -0.39 is 36.7 Å². The summed E-state index contributed by atoms with van der Waals surface area (Å²) >= 11 is 0. The highest BCUT2D eigenvalue weighted by Gasteiger charge is 2.32. The smallest absolute Gasteiger partial charge is 0.332 e. The van der Waals surface area contributed by atoms with E-state index in [1.54, 1.807) is 0 Å². The largest absolute Gasteiger partial charge is 0.406 e. The highest BCUT2D eigenvalue weighted by Crippen LogP contribution is 2.18. The summed E-state index contributed by atoms with van der Waals surface area (Å²) < 4.78 is 62.9. The number of benzene rings is 1. The van der Waals surface area contributed by atoms with E-state index in [1.165, 1.54) is 0 Å². The molecule has 0 saturated carbocycles. The molecule has 0 radical (unpaired) electrons. The standard InChI is InChI=1S/C12H13F5N2O/c13-9-2-1-8(10(14)6-9)5-11(20)19(4-3-18)7-12(15,16)17/h1-2,6H,3-5,7,18H2. The molecule has 0 fully saturated rings. The number of hydrogen-bond donors (Lipinski definition) is 1. The third-order valence-electron chi connectivity index (χ3n) is 2.48. The topological polar surface area (TPSA) is 46.3 Å². The molecule has 0 aromatic heterocycles. The molecule has 0 bridgehead atoms. The lowest BCUT2D eigenvalue weighted by Gasteiger charge is -2.23. The fourth-order valence-electron chi connectivity index (χ4n) is 1.60. The zero-order valence-corrected chi connectivity index (χ0v) is 10.4. The fourth-order valence-corrected chi connectivity index (χ4v) is 1.60. The van der Waals surface area contributed by atoms with Gasteiger partial charge in [0.2, 0.25) is 5.91 Å². The number of hydrogen-bond acceptors (Lipinski definition) is 2. The molecular weight excluding hydrogens is 283 g/mol. The lowest BCUT2D eigenvalue weighted by molar-refractivity contribution is -0.160. The Morgan fingerprint density at radius 1 is 1.25 bits per heavy atom. The summed E-state index contributed by atoms with van der Waals surface area (Å²) in [5.41, 5.74) is 4.98. The average molecular weight is 296 g/mol. The van der Waals surface area contributed by atoms with Gasteiger partial charge >= 0.3 is 6.18 Å². The third-order valence-corrected chi connectivity index (χ3v) is 2.48. The van der Waals surface area contributed by atoms with Crippen molar-refractivity contribution >= 4 is 5.91 Å². The van der Waals surface area contributed by atoms with Gasteiger partial charge in [-0.1, -0.05) is 6.07 Å². The predicted octanol–water partition coefficient (Wildman–Crippen LogP) is 1.86. The Bertz CT molecular complexity index is 475. The molecule has 112 valence electrons. The van der Waals surface area contributed by atoms with Gasteiger partial charge in [0.25, 0.3) is 0 Å². The van der Waals surface area contributed by atoms with Crippen molar-refractivity contribution in [3.8, 4) is 0 Å². The molecule has 0 saturated heterocycles. The van der Waals surface area contributed by atoms with Crippen LogP contribution in [-0.2, 0) is 11.2 Å². The lowest BCUT2D eigenvalue weighted by Crippen LogP contribution is -2.42. The first-order valence-electron chi connectivity index (χ1n) is 5.71. The van der Waals surface area contributed by atoms with Crippen LogP contribution in [0.4, 0.5) is 22.0 Å². The molecule has 1 aromatic carbocycles. The van der Waals surface area contributed by atoms with Crippen molar-refractivity contribution in [3.63, 3.8) is 0 Å². The zero-order valence-electron chi connectivity index (χ0n) is 10.4. The van der Waals surface area contributed by atoms with E-state index in [-0.39, 0.29) is 18.7 Å². The molecule has 1 rings (SSSR count). The molecule has 0 aliphatic rings. The maximum atomic E-state index is 13.3. The van der Waals surface area contributed by atoms with Crippen LogP contribution in [0.15, 0.2) is 18.2 Å². The molecule has 3 nitrogen and oxygen atoms in total. The first-order valence-corrected chi connectivity index (χ1v) is 5.71. The predicted molar refractivity (Wildman–Crippen MR) is 61.8 cm³/mol. The summed E-state index contributed by atoms with van der Waals surface area (Å²) in [6.07, 6.45) is -5.14. The second-order valence-electron chi connectivity index (χ2n) is 4.13. The van der Waals surface area contributed by atoms with Crippen molar-refractivity contribution in [2.45, 2.75) is 12.6 Å². The van der Waals surface area contributed by atoms with Crippen molar-refractivity contribution in [1.82, 2.24) is 4.90 Å². The number of carbonyl (C=O) groups is 1. The van der Waals surface area contributed by atoms with Crippen LogP contribution < -0.4 is 5.73 Å². The summed E-state index contributed by atoms with van der Waals surface area (Å²) in [5, 5.41) is 0. The summed E-state index contributed by atoms with van der Waals surface area (Å²) in [4.78, 5) is 12.2. The van der Waals surface area contributed by atoms with Crippen LogP contribution >= 0.6 is 0 Å². The Kier molecular flexibility index (Phi) is 5.43. The summed E-state index contributed by atoms with van der Waals surface area (Å²) in [5.74, 6) is -2.72. The minimum absolute atomic E-state index is 0.145. The van der Waals surface area contributed by atoms with E-state index in [9.17, 15) is 26.7 Å². The second kappa shape index (κ2) is 6.65. The Balaban J connectivity index is 2.80. The first-order chi connectivity index (χ1) is 9.23. The number of rotatable bonds is 5. The van der Waals surface area contributed by atoms with Crippen molar-refractivity contribution in [1.29, 1.82) is 0 Å². The van der Waals surface area contributed by atoms with Crippen molar-refractivity contribution in [3.05, 3.63) is 35.4 Å². The maximum absolute atomic E-state index is 13.3. The average Bonchev–Trinajstić information content (AvgIpc) is 2.30. The molecule has 8 heteroatoms. The van der Waals surface area contributed by atoms with E-state index in [4.69, 9.17) is 5.73 Å². The minimum Gasteiger partial charge on any atom is -0.332 e. The molecule has 0 unspecified atom stereocenters. The van der Waals surface area contributed by atoms with Crippen molar-refractivity contribution in [2.75, 3.05) is 19.6 Å².